The van der Waals surface area contributed by atoms with E-state index in [2.05, 4.69) is 51.2 Å². The fourth-order valence-corrected chi connectivity index (χ4v) is 5.28. The van der Waals surface area contributed by atoms with Gasteiger partial charge in [-0.05, 0) is 49.7 Å². The maximum absolute atomic E-state index is 9.94. The van der Waals surface area contributed by atoms with Crippen LogP contribution in [0.25, 0.3) is 16.7 Å². The van der Waals surface area contributed by atoms with Gasteiger partial charge in [0.15, 0.2) is 5.82 Å². The number of benzene rings is 1. The summed E-state index contributed by atoms with van der Waals surface area (Å²) in [5.41, 5.74) is 2.07. The molecule has 7 heteroatoms. The Morgan fingerprint density at radius 2 is 1.87 bits per heavy atom. The highest BCUT2D eigenvalue weighted by molar-refractivity contribution is 5.81. The van der Waals surface area contributed by atoms with E-state index in [1.807, 2.05) is 16.9 Å². The maximum Gasteiger partial charge on any atom is 0.159 e. The third kappa shape index (κ3) is 2.50. The molecule has 3 fully saturated rings. The first-order valence-electron chi connectivity index (χ1n) is 10.5. The van der Waals surface area contributed by atoms with Gasteiger partial charge < -0.3 is 9.64 Å². The number of nitrogens with zero attached hydrogens (tertiary/aromatic N) is 6. The largest absolute Gasteiger partial charge is 0.375 e. The second-order valence-corrected chi connectivity index (χ2v) is 9.62. The maximum atomic E-state index is 9.94. The number of hydrogen-bond donors (Lipinski definition) is 0. The molecule has 2 aromatic heterocycles. The molecule has 0 N–H and O–H groups in total. The van der Waals surface area contributed by atoms with Crippen molar-refractivity contribution >= 4 is 16.7 Å². The Bertz CT molecular complexity index is 1190. The number of fused-ring (bicyclic) bond motifs is 1. The van der Waals surface area contributed by atoms with E-state index in [1.165, 1.54) is 12.8 Å². The molecule has 30 heavy (non-hydrogen) atoms. The lowest BCUT2D eigenvalue weighted by atomic mass is 9.57. The summed E-state index contributed by atoms with van der Waals surface area (Å²) in [6.07, 6.45) is 7.97. The van der Waals surface area contributed by atoms with Crippen LogP contribution in [0.5, 0.6) is 0 Å². The van der Waals surface area contributed by atoms with E-state index >= 15 is 0 Å². The molecule has 2 aliphatic carbocycles. The number of rotatable bonds is 4. The van der Waals surface area contributed by atoms with E-state index in [0.717, 1.165) is 54.0 Å². The van der Waals surface area contributed by atoms with Crippen LogP contribution in [0.4, 0.5) is 5.82 Å². The zero-order valence-electron chi connectivity index (χ0n) is 17.3. The first-order chi connectivity index (χ1) is 14.5. The van der Waals surface area contributed by atoms with Gasteiger partial charge in [-0.15, -0.1) is 0 Å². The minimum absolute atomic E-state index is 0.119. The zero-order chi connectivity index (χ0) is 20.6. The van der Waals surface area contributed by atoms with Crippen LogP contribution >= 0.6 is 0 Å². The molecule has 1 aliphatic heterocycles. The fraction of sp³-hybridized carbons (Fsp3) is 0.478. The zero-order valence-corrected chi connectivity index (χ0v) is 17.3. The topological polar surface area (TPSA) is 79.9 Å². The van der Waals surface area contributed by atoms with E-state index < -0.39 is 0 Å². The Kier molecular flexibility index (Phi) is 3.45. The normalized spacial score (nSPS) is 22.4. The lowest BCUT2D eigenvalue weighted by molar-refractivity contribution is -0.0171. The number of methoxy groups -OCH3 is 1. The van der Waals surface area contributed by atoms with Crippen LogP contribution in [0, 0.1) is 16.7 Å². The summed E-state index contributed by atoms with van der Waals surface area (Å²) in [5.74, 6) is 1.61. The van der Waals surface area contributed by atoms with Crippen molar-refractivity contribution in [3.05, 3.63) is 42.4 Å². The molecule has 7 nitrogen and oxygen atoms in total. The molecule has 1 saturated heterocycles. The summed E-state index contributed by atoms with van der Waals surface area (Å²) < 4.78 is 7.40. The predicted molar refractivity (Wildman–Crippen MR) is 112 cm³/mol. The Hall–Kier alpha value is -2.98. The highest BCUT2D eigenvalue weighted by Gasteiger charge is 2.61. The third-order valence-electron chi connectivity index (χ3n) is 7.37. The van der Waals surface area contributed by atoms with Crippen molar-refractivity contribution in [1.82, 2.24) is 19.7 Å². The van der Waals surface area contributed by atoms with Gasteiger partial charge in [0.25, 0.3) is 0 Å². The van der Waals surface area contributed by atoms with E-state index in [0.29, 0.717) is 5.41 Å². The van der Waals surface area contributed by atoms with Crippen LogP contribution in [0.3, 0.4) is 0 Å². The van der Waals surface area contributed by atoms with Crippen LogP contribution in [-0.4, -0.2) is 45.5 Å². The van der Waals surface area contributed by atoms with E-state index in [-0.39, 0.29) is 11.0 Å². The molecule has 6 rings (SSSR count). The molecule has 0 atom stereocenters. The van der Waals surface area contributed by atoms with Gasteiger partial charge >= 0.3 is 0 Å². The van der Waals surface area contributed by atoms with Gasteiger partial charge in [0.05, 0.1) is 28.8 Å². The average Bonchev–Trinajstić information content (AvgIpc) is 3.40. The highest BCUT2D eigenvalue weighted by atomic mass is 16.5. The number of hydrogen-bond acceptors (Lipinski definition) is 6. The smallest absolute Gasteiger partial charge is 0.159 e. The van der Waals surface area contributed by atoms with Crippen molar-refractivity contribution in [3.63, 3.8) is 0 Å². The molecule has 0 unspecified atom stereocenters. The molecule has 0 radical (unpaired) electrons. The van der Waals surface area contributed by atoms with E-state index in [1.54, 1.807) is 13.4 Å². The van der Waals surface area contributed by atoms with Gasteiger partial charge in [0.2, 0.25) is 0 Å². The molecule has 1 spiro atoms. The van der Waals surface area contributed by atoms with Crippen LogP contribution in [0.2, 0.25) is 0 Å². The average molecular weight is 400 g/mol. The van der Waals surface area contributed by atoms with Crippen LogP contribution in [0.15, 0.2) is 36.8 Å². The number of nitriles is 1. The van der Waals surface area contributed by atoms with Gasteiger partial charge in [0.1, 0.15) is 12.1 Å². The molecule has 152 valence electrons. The first kappa shape index (κ1) is 17.8. The van der Waals surface area contributed by atoms with E-state index in [4.69, 9.17) is 4.74 Å². The summed E-state index contributed by atoms with van der Waals surface area (Å²) in [6, 6.07) is 10.9. The van der Waals surface area contributed by atoms with Gasteiger partial charge in [-0.1, -0.05) is 12.1 Å². The molecule has 3 aliphatic rings. The monoisotopic (exact) mass is 400 g/mol. The molecule has 0 amide bonds. The number of aromatic nitrogens is 4. The number of anilines is 1. The van der Waals surface area contributed by atoms with Crippen molar-refractivity contribution < 1.29 is 4.74 Å². The molecule has 3 aromatic rings. The fourth-order valence-electron chi connectivity index (χ4n) is 5.28. The second-order valence-electron chi connectivity index (χ2n) is 9.62. The van der Waals surface area contributed by atoms with Gasteiger partial charge in [-0.3, -0.25) is 0 Å². The molecule has 1 aromatic carbocycles. The van der Waals surface area contributed by atoms with Crippen LogP contribution in [0.1, 0.15) is 38.2 Å². The molecule has 3 heterocycles. The van der Waals surface area contributed by atoms with Crippen molar-refractivity contribution in [1.29, 1.82) is 5.26 Å². The molecular weight excluding hydrogens is 376 g/mol. The summed E-state index contributed by atoms with van der Waals surface area (Å²) in [6.45, 7) is 3.71. The van der Waals surface area contributed by atoms with Crippen molar-refractivity contribution in [2.24, 2.45) is 5.41 Å². The van der Waals surface area contributed by atoms with Gasteiger partial charge in [-0.2, -0.15) is 10.4 Å². The highest BCUT2D eigenvalue weighted by Crippen LogP contribution is 2.68. The Morgan fingerprint density at radius 3 is 2.57 bits per heavy atom. The minimum atomic E-state index is -0.348. The van der Waals surface area contributed by atoms with Crippen LogP contribution in [-0.2, 0) is 10.2 Å². The Labute approximate surface area is 175 Å². The number of ether oxygens (including phenoxy) is 1. The van der Waals surface area contributed by atoms with Crippen LogP contribution < -0.4 is 4.90 Å². The van der Waals surface area contributed by atoms with Gasteiger partial charge in [-0.25, -0.2) is 14.6 Å². The summed E-state index contributed by atoms with van der Waals surface area (Å²) >= 11 is 0. The molecule has 2 saturated carbocycles. The first-order valence-corrected chi connectivity index (χ1v) is 10.5. The SMILES string of the molecule is COC1(C)CN(c2cc(-n3ncc4ccc(C5(C#N)CC6(CC6)C5)cc43)ncn2)C1. The summed E-state index contributed by atoms with van der Waals surface area (Å²) in [4.78, 5) is 11.1. The molecule has 0 bridgehead atoms. The summed E-state index contributed by atoms with van der Waals surface area (Å²) in [7, 11) is 1.75. The second kappa shape index (κ2) is 5.79. The molecular formula is C23H24N6O. The minimum Gasteiger partial charge on any atom is -0.375 e. The van der Waals surface area contributed by atoms with Gasteiger partial charge in [0, 0.05) is 31.7 Å². The summed E-state index contributed by atoms with van der Waals surface area (Å²) in [5, 5.41) is 15.6. The van der Waals surface area contributed by atoms with Crippen molar-refractivity contribution in [2.75, 3.05) is 25.1 Å². The van der Waals surface area contributed by atoms with Crippen molar-refractivity contribution in [3.8, 4) is 11.9 Å². The van der Waals surface area contributed by atoms with Crippen molar-refractivity contribution in [2.45, 2.75) is 43.6 Å². The lowest BCUT2D eigenvalue weighted by Crippen LogP contribution is -2.61. The predicted octanol–water partition coefficient (Wildman–Crippen LogP) is 3.38. The van der Waals surface area contributed by atoms with E-state index in [9.17, 15) is 5.26 Å². The lowest BCUT2D eigenvalue weighted by Gasteiger charge is -2.47. The quantitative estimate of drug-likeness (QED) is 0.668. The Balaban J connectivity index is 1.35. The third-order valence-corrected chi connectivity index (χ3v) is 7.37. The standard InChI is InChI=1S/C23H24N6O/c1-21(30-2)13-28(14-21)19-8-20(26-15-25-19)29-18-7-17(4-3-16(18)9-27-29)23(12-24)10-22(11-23)5-6-22/h3-4,7-9,15H,5-6,10-11,13-14H2,1-2H3. The Morgan fingerprint density at radius 1 is 1.10 bits per heavy atom.